The molecule has 3 heterocycles. The maximum Gasteiger partial charge on any atom is 0.229 e. The highest BCUT2D eigenvalue weighted by molar-refractivity contribution is 7.92. The minimum atomic E-state index is -2.35. The Kier molecular flexibility index (Phi) is 7.79. The van der Waals surface area contributed by atoms with Gasteiger partial charge in [0.25, 0.3) is 0 Å². The zero-order valence-electron chi connectivity index (χ0n) is 22.9. The molecule has 3 aromatic rings. The molecule has 0 saturated heterocycles. The second-order valence-electron chi connectivity index (χ2n) is 10.8. The first-order valence-corrected chi connectivity index (χ1v) is 15.5. The molecule has 2 aromatic heterocycles. The third kappa shape index (κ3) is 6.71. The lowest BCUT2D eigenvalue weighted by atomic mass is 9.77. The standard InChI is InChI=1S/C28H35N9OS/c1-36(2)11-12-37-17-20-8-5-7-19-13-23(14-21(18-37)26(19)20)31-28-30-16-22(15-29)27(34-28)33-24-9-6-10-25(32-24)35-39(3,4)38/h6,9-10,13-14,16,20H,5,7-8,11-12,17-18H2,1-4H3,(H2,30,31,32,33,34). The first kappa shape index (κ1) is 27.0. The highest BCUT2D eigenvalue weighted by Gasteiger charge is 2.30. The van der Waals surface area contributed by atoms with Crippen molar-refractivity contribution in [1.29, 1.82) is 5.26 Å². The van der Waals surface area contributed by atoms with Gasteiger partial charge in [-0.3, -0.25) is 4.90 Å². The van der Waals surface area contributed by atoms with Crippen molar-refractivity contribution in [1.82, 2.24) is 24.8 Å². The lowest BCUT2D eigenvalue weighted by Gasteiger charge is -2.39. The summed E-state index contributed by atoms with van der Waals surface area (Å²) in [5.41, 5.74) is 5.58. The van der Waals surface area contributed by atoms with Gasteiger partial charge in [0.15, 0.2) is 11.6 Å². The summed E-state index contributed by atoms with van der Waals surface area (Å²) in [5.74, 6) is 2.12. The Labute approximate surface area is 230 Å². The fourth-order valence-corrected chi connectivity index (χ4v) is 5.90. The van der Waals surface area contributed by atoms with Crippen molar-refractivity contribution in [2.45, 2.75) is 31.7 Å². The van der Waals surface area contributed by atoms with Crippen molar-refractivity contribution < 1.29 is 4.21 Å². The summed E-state index contributed by atoms with van der Waals surface area (Å²) >= 11 is 0. The Balaban J connectivity index is 1.40. The predicted octanol–water partition coefficient (Wildman–Crippen LogP) is 4.39. The smallest absolute Gasteiger partial charge is 0.229 e. The van der Waals surface area contributed by atoms with E-state index in [4.69, 9.17) is 0 Å². The number of hydrogen-bond acceptors (Lipinski definition) is 10. The van der Waals surface area contributed by atoms with Crippen LogP contribution in [0.5, 0.6) is 0 Å². The van der Waals surface area contributed by atoms with Gasteiger partial charge in [-0.2, -0.15) is 14.6 Å². The minimum Gasteiger partial charge on any atom is -0.324 e. The molecule has 0 fully saturated rings. The molecule has 1 aliphatic carbocycles. The number of hydrogen-bond donors (Lipinski definition) is 2. The van der Waals surface area contributed by atoms with Gasteiger partial charge in [0.1, 0.15) is 17.5 Å². The molecule has 0 amide bonds. The molecular formula is C28H35N9OS. The van der Waals surface area contributed by atoms with E-state index in [0.717, 1.165) is 38.3 Å². The van der Waals surface area contributed by atoms with E-state index in [2.05, 4.69) is 72.0 Å². The maximum atomic E-state index is 12.1. The largest absolute Gasteiger partial charge is 0.324 e. The van der Waals surface area contributed by atoms with Crippen LogP contribution in [0.1, 0.15) is 41.0 Å². The van der Waals surface area contributed by atoms with Crippen LogP contribution in [0.3, 0.4) is 0 Å². The number of benzene rings is 1. The van der Waals surface area contributed by atoms with Gasteiger partial charge in [0, 0.05) is 54.1 Å². The summed E-state index contributed by atoms with van der Waals surface area (Å²) in [6.07, 6.45) is 8.14. The minimum absolute atomic E-state index is 0.291. The molecule has 39 heavy (non-hydrogen) atoms. The van der Waals surface area contributed by atoms with Crippen LogP contribution in [0.2, 0.25) is 0 Å². The summed E-state index contributed by atoms with van der Waals surface area (Å²) in [4.78, 5) is 18.2. The Morgan fingerprint density at radius 3 is 2.79 bits per heavy atom. The van der Waals surface area contributed by atoms with Gasteiger partial charge in [0.2, 0.25) is 5.95 Å². The van der Waals surface area contributed by atoms with Crippen LogP contribution in [0.25, 0.3) is 0 Å². The van der Waals surface area contributed by atoms with Crippen LogP contribution in [0.15, 0.2) is 40.9 Å². The lowest BCUT2D eigenvalue weighted by molar-refractivity contribution is 0.199. The van der Waals surface area contributed by atoms with E-state index in [0.29, 0.717) is 34.9 Å². The van der Waals surface area contributed by atoms with Crippen molar-refractivity contribution in [3.63, 3.8) is 0 Å². The van der Waals surface area contributed by atoms with Gasteiger partial charge in [0.05, 0.1) is 6.20 Å². The summed E-state index contributed by atoms with van der Waals surface area (Å²) < 4.78 is 16.2. The molecule has 2 aliphatic rings. The van der Waals surface area contributed by atoms with E-state index in [9.17, 15) is 9.47 Å². The summed E-state index contributed by atoms with van der Waals surface area (Å²) in [6, 6.07) is 11.8. The number of nitriles is 1. The number of likely N-dealkylation sites (N-methyl/N-ethyl adjacent to an activating group) is 1. The second kappa shape index (κ2) is 11.3. The Morgan fingerprint density at radius 1 is 1.21 bits per heavy atom. The van der Waals surface area contributed by atoms with Crippen LogP contribution in [-0.2, 0) is 22.7 Å². The Bertz CT molecular complexity index is 1530. The molecule has 5 rings (SSSR count). The van der Waals surface area contributed by atoms with Crippen molar-refractivity contribution in [2.24, 2.45) is 4.36 Å². The van der Waals surface area contributed by atoms with Crippen LogP contribution in [0, 0.1) is 11.3 Å². The van der Waals surface area contributed by atoms with E-state index in [1.54, 1.807) is 30.7 Å². The topological polar surface area (TPSA) is 122 Å². The number of nitrogens with zero attached hydrogens (tertiary/aromatic N) is 7. The number of aryl methyl sites for hydroxylation is 1. The number of anilines is 4. The van der Waals surface area contributed by atoms with Gasteiger partial charge in [-0.15, -0.1) is 0 Å². The summed E-state index contributed by atoms with van der Waals surface area (Å²) in [6.45, 7) is 4.17. The molecule has 0 saturated carbocycles. The number of aromatic nitrogens is 3. The zero-order valence-corrected chi connectivity index (χ0v) is 23.8. The third-order valence-electron chi connectivity index (χ3n) is 6.95. The third-order valence-corrected chi connectivity index (χ3v) is 7.58. The molecular weight excluding hydrogens is 510 g/mol. The van der Waals surface area contributed by atoms with Crippen molar-refractivity contribution in [3.8, 4) is 6.07 Å². The molecule has 2 N–H and O–H groups in total. The molecule has 1 aliphatic heterocycles. The van der Waals surface area contributed by atoms with E-state index in [1.807, 2.05) is 0 Å². The molecule has 0 spiro atoms. The average molecular weight is 546 g/mol. The summed E-state index contributed by atoms with van der Waals surface area (Å²) in [5, 5.41) is 16.1. The molecule has 10 nitrogen and oxygen atoms in total. The Hall–Kier alpha value is -3.59. The number of rotatable bonds is 8. The van der Waals surface area contributed by atoms with E-state index in [-0.39, 0.29) is 0 Å². The van der Waals surface area contributed by atoms with E-state index >= 15 is 0 Å². The van der Waals surface area contributed by atoms with E-state index < -0.39 is 9.73 Å². The molecule has 204 valence electrons. The molecule has 0 bridgehead atoms. The monoisotopic (exact) mass is 545 g/mol. The average Bonchev–Trinajstić information content (AvgIpc) is 2.87. The van der Waals surface area contributed by atoms with Gasteiger partial charge in [-0.05, 0) is 80.2 Å². The fourth-order valence-electron chi connectivity index (χ4n) is 5.35. The quantitative estimate of drug-likeness (QED) is 0.424. The SMILES string of the molecule is CN(C)CCN1Cc2cc(Nc3ncc(C#N)c(Nc4cccc(N=S(C)(C)=O)n4)n3)cc3c2C(CCC3)C1. The second-order valence-corrected chi connectivity index (χ2v) is 13.4. The van der Waals surface area contributed by atoms with Gasteiger partial charge in [-0.25, -0.2) is 14.2 Å². The Morgan fingerprint density at radius 2 is 2.03 bits per heavy atom. The number of nitrogens with one attached hydrogen (secondary N) is 2. The van der Waals surface area contributed by atoms with Crippen LogP contribution in [-0.4, -0.2) is 75.2 Å². The zero-order chi connectivity index (χ0) is 27.6. The highest BCUT2D eigenvalue weighted by Crippen LogP contribution is 2.40. The molecule has 1 aromatic carbocycles. The van der Waals surface area contributed by atoms with Crippen molar-refractivity contribution in [2.75, 3.05) is 56.9 Å². The van der Waals surface area contributed by atoms with Crippen LogP contribution < -0.4 is 10.6 Å². The van der Waals surface area contributed by atoms with Crippen LogP contribution >= 0.6 is 0 Å². The van der Waals surface area contributed by atoms with Crippen molar-refractivity contribution in [3.05, 3.63) is 58.8 Å². The van der Waals surface area contributed by atoms with E-state index in [1.165, 1.54) is 35.7 Å². The van der Waals surface area contributed by atoms with Gasteiger partial charge < -0.3 is 15.5 Å². The first-order valence-electron chi connectivity index (χ1n) is 13.1. The molecule has 1 atom stereocenters. The predicted molar refractivity (Wildman–Crippen MR) is 156 cm³/mol. The first-order chi connectivity index (χ1) is 18.7. The number of pyridine rings is 1. The summed E-state index contributed by atoms with van der Waals surface area (Å²) in [7, 11) is 1.89. The molecule has 0 radical (unpaired) electrons. The highest BCUT2D eigenvalue weighted by atomic mass is 32.2. The fraction of sp³-hybridized carbons (Fsp3) is 0.429. The van der Waals surface area contributed by atoms with Gasteiger partial charge >= 0.3 is 0 Å². The molecule has 1 unspecified atom stereocenters. The van der Waals surface area contributed by atoms with Crippen LogP contribution in [0.4, 0.5) is 29.1 Å². The maximum absolute atomic E-state index is 12.1. The molecule has 11 heteroatoms. The normalized spacial score (nSPS) is 16.9. The lowest BCUT2D eigenvalue weighted by Crippen LogP contribution is -2.39. The van der Waals surface area contributed by atoms with Gasteiger partial charge in [-0.1, -0.05) is 6.07 Å². The van der Waals surface area contributed by atoms with Crippen molar-refractivity contribution >= 4 is 38.8 Å².